The molecule has 2 fully saturated rings. The molecule has 2 amide bonds. The second-order valence-corrected chi connectivity index (χ2v) is 6.13. The molecule has 1 aliphatic heterocycles. The monoisotopic (exact) mass is 318 g/mol. The second kappa shape index (κ2) is 7.39. The number of aromatic nitrogens is 2. The van der Waals surface area contributed by atoms with Crippen molar-refractivity contribution in [2.24, 2.45) is 5.92 Å². The molecule has 1 unspecified atom stereocenters. The molecule has 0 aromatic carbocycles. The number of amides is 2. The van der Waals surface area contributed by atoms with Crippen LogP contribution in [0.25, 0.3) is 0 Å². The van der Waals surface area contributed by atoms with Crippen molar-refractivity contribution in [1.82, 2.24) is 20.6 Å². The maximum Gasteiger partial charge on any atom is 0.232 e. The zero-order chi connectivity index (χ0) is 16.1. The Morgan fingerprint density at radius 1 is 1.22 bits per heavy atom. The zero-order valence-corrected chi connectivity index (χ0v) is 13.0. The van der Waals surface area contributed by atoms with Crippen LogP contribution in [-0.4, -0.2) is 40.5 Å². The summed E-state index contributed by atoms with van der Waals surface area (Å²) in [5.74, 6) is -0.273. The number of nitrogens with zero attached hydrogens (tertiary/aromatic N) is 2. The molecule has 23 heavy (non-hydrogen) atoms. The summed E-state index contributed by atoms with van der Waals surface area (Å²) >= 11 is 0. The smallest absolute Gasteiger partial charge is 0.232 e. The minimum Gasteiger partial charge on any atom is -0.473 e. The molecule has 0 bridgehead atoms. The van der Waals surface area contributed by atoms with Crippen LogP contribution in [0.2, 0.25) is 0 Å². The molecule has 2 aliphatic rings. The van der Waals surface area contributed by atoms with Crippen LogP contribution in [-0.2, 0) is 9.59 Å². The summed E-state index contributed by atoms with van der Waals surface area (Å²) in [4.78, 5) is 32.0. The zero-order valence-electron chi connectivity index (χ0n) is 13.0. The predicted octanol–water partition coefficient (Wildman–Crippen LogP) is 0.809. The third-order valence-corrected chi connectivity index (χ3v) is 4.45. The number of piperidine rings is 1. The van der Waals surface area contributed by atoms with E-state index in [1.54, 1.807) is 18.6 Å². The fourth-order valence-electron chi connectivity index (χ4n) is 3.17. The van der Waals surface area contributed by atoms with Crippen molar-refractivity contribution in [3.63, 3.8) is 0 Å². The highest BCUT2D eigenvalue weighted by Crippen LogP contribution is 2.23. The van der Waals surface area contributed by atoms with Gasteiger partial charge in [-0.15, -0.1) is 0 Å². The molecular formula is C16H22N4O3. The summed E-state index contributed by atoms with van der Waals surface area (Å²) < 4.78 is 5.79. The van der Waals surface area contributed by atoms with Crippen LogP contribution in [0.5, 0.6) is 5.88 Å². The molecule has 1 aromatic rings. The lowest BCUT2D eigenvalue weighted by Gasteiger charge is -2.30. The van der Waals surface area contributed by atoms with Crippen LogP contribution < -0.4 is 15.4 Å². The van der Waals surface area contributed by atoms with E-state index in [2.05, 4.69) is 20.6 Å². The van der Waals surface area contributed by atoms with Gasteiger partial charge in [0, 0.05) is 25.0 Å². The number of ether oxygens (including phenoxy) is 1. The van der Waals surface area contributed by atoms with Gasteiger partial charge in [-0.3, -0.25) is 14.6 Å². The Morgan fingerprint density at radius 3 is 2.74 bits per heavy atom. The van der Waals surface area contributed by atoms with E-state index in [0.29, 0.717) is 18.8 Å². The van der Waals surface area contributed by atoms with Gasteiger partial charge in [-0.05, 0) is 38.5 Å². The van der Waals surface area contributed by atoms with E-state index in [0.717, 1.165) is 32.1 Å². The third-order valence-electron chi connectivity index (χ3n) is 4.45. The molecule has 2 heterocycles. The molecule has 3 rings (SSSR count). The number of carbonyl (C=O) groups excluding carboxylic acids is 2. The topological polar surface area (TPSA) is 93.2 Å². The Kier molecular flexibility index (Phi) is 5.05. The van der Waals surface area contributed by atoms with Crippen molar-refractivity contribution in [1.29, 1.82) is 0 Å². The predicted molar refractivity (Wildman–Crippen MR) is 82.6 cm³/mol. The molecular weight excluding hydrogens is 296 g/mol. The Morgan fingerprint density at radius 2 is 2.04 bits per heavy atom. The number of hydrogen-bond donors (Lipinski definition) is 2. The van der Waals surface area contributed by atoms with Gasteiger partial charge in [-0.1, -0.05) is 0 Å². The standard InChI is InChI=1S/C16H22N4O3/c21-15-13(2-1-7-19-15)16(22)20-11-3-5-12(6-4-11)23-14-10-17-8-9-18-14/h8-13H,1-7H2,(H,19,21)(H,20,22). The van der Waals surface area contributed by atoms with Crippen LogP contribution >= 0.6 is 0 Å². The van der Waals surface area contributed by atoms with Gasteiger partial charge >= 0.3 is 0 Å². The lowest BCUT2D eigenvalue weighted by molar-refractivity contribution is -0.137. The third kappa shape index (κ3) is 4.18. The van der Waals surface area contributed by atoms with Gasteiger partial charge in [-0.25, -0.2) is 4.98 Å². The fourth-order valence-corrected chi connectivity index (χ4v) is 3.17. The fraction of sp³-hybridized carbons (Fsp3) is 0.625. The second-order valence-electron chi connectivity index (χ2n) is 6.13. The Bertz CT molecular complexity index is 544. The molecule has 1 saturated carbocycles. The molecule has 2 N–H and O–H groups in total. The average Bonchev–Trinajstić information content (AvgIpc) is 2.58. The van der Waals surface area contributed by atoms with Gasteiger partial charge in [0.05, 0.1) is 6.20 Å². The van der Waals surface area contributed by atoms with Gasteiger partial charge in [0.15, 0.2) is 0 Å². The van der Waals surface area contributed by atoms with Crippen LogP contribution in [0.15, 0.2) is 18.6 Å². The molecule has 7 heteroatoms. The van der Waals surface area contributed by atoms with Crippen molar-refractivity contribution in [3.05, 3.63) is 18.6 Å². The molecule has 124 valence electrons. The summed E-state index contributed by atoms with van der Waals surface area (Å²) in [7, 11) is 0. The van der Waals surface area contributed by atoms with E-state index < -0.39 is 5.92 Å². The van der Waals surface area contributed by atoms with E-state index in [-0.39, 0.29) is 24.0 Å². The number of nitrogens with one attached hydrogen (secondary N) is 2. The van der Waals surface area contributed by atoms with Crippen LogP contribution in [0.3, 0.4) is 0 Å². The van der Waals surface area contributed by atoms with Crippen molar-refractivity contribution < 1.29 is 14.3 Å². The Balaban J connectivity index is 1.44. The molecule has 0 radical (unpaired) electrons. The highest BCUT2D eigenvalue weighted by molar-refractivity contribution is 6.00. The number of carbonyl (C=O) groups is 2. The molecule has 1 atom stereocenters. The average molecular weight is 318 g/mol. The first-order valence-corrected chi connectivity index (χ1v) is 8.23. The van der Waals surface area contributed by atoms with Crippen LogP contribution in [0.1, 0.15) is 38.5 Å². The van der Waals surface area contributed by atoms with E-state index in [1.807, 2.05) is 0 Å². The number of rotatable bonds is 4. The molecule has 1 aromatic heterocycles. The summed E-state index contributed by atoms with van der Waals surface area (Å²) in [5.41, 5.74) is 0. The van der Waals surface area contributed by atoms with Gasteiger partial charge in [-0.2, -0.15) is 0 Å². The summed E-state index contributed by atoms with van der Waals surface area (Å²) in [6, 6.07) is 0.124. The van der Waals surface area contributed by atoms with Crippen molar-refractivity contribution >= 4 is 11.8 Å². The molecule has 1 aliphatic carbocycles. The SMILES string of the molecule is O=C1NCCCC1C(=O)NC1CCC(Oc2cnccn2)CC1. The molecule has 7 nitrogen and oxygen atoms in total. The minimum absolute atomic E-state index is 0.109. The van der Waals surface area contributed by atoms with E-state index in [9.17, 15) is 9.59 Å². The quantitative estimate of drug-likeness (QED) is 0.801. The first-order chi connectivity index (χ1) is 11.2. The Labute approximate surface area is 135 Å². The highest BCUT2D eigenvalue weighted by atomic mass is 16.5. The molecule has 0 spiro atoms. The van der Waals surface area contributed by atoms with Crippen molar-refractivity contribution in [3.8, 4) is 5.88 Å². The first kappa shape index (κ1) is 15.7. The maximum absolute atomic E-state index is 12.2. The van der Waals surface area contributed by atoms with Gasteiger partial charge in [0.1, 0.15) is 12.0 Å². The summed E-state index contributed by atoms with van der Waals surface area (Å²) in [6.45, 7) is 0.674. The normalized spacial score (nSPS) is 27.8. The summed E-state index contributed by atoms with van der Waals surface area (Å²) in [6.07, 6.45) is 9.86. The minimum atomic E-state index is -0.530. The highest BCUT2D eigenvalue weighted by Gasteiger charge is 2.31. The maximum atomic E-state index is 12.2. The van der Waals surface area contributed by atoms with E-state index in [4.69, 9.17) is 4.74 Å². The van der Waals surface area contributed by atoms with Crippen LogP contribution in [0.4, 0.5) is 0 Å². The van der Waals surface area contributed by atoms with E-state index >= 15 is 0 Å². The lowest BCUT2D eigenvalue weighted by atomic mass is 9.91. The van der Waals surface area contributed by atoms with Crippen LogP contribution in [0, 0.1) is 5.92 Å². The number of hydrogen-bond acceptors (Lipinski definition) is 5. The molecule has 1 saturated heterocycles. The Hall–Kier alpha value is -2.18. The van der Waals surface area contributed by atoms with Gasteiger partial charge in [0.25, 0.3) is 0 Å². The van der Waals surface area contributed by atoms with E-state index in [1.165, 1.54) is 0 Å². The van der Waals surface area contributed by atoms with Crippen molar-refractivity contribution in [2.75, 3.05) is 6.54 Å². The first-order valence-electron chi connectivity index (χ1n) is 8.23. The van der Waals surface area contributed by atoms with Gasteiger partial charge < -0.3 is 15.4 Å². The largest absolute Gasteiger partial charge is 0.473 e. The van der Waals surface area contributed by atoms with Crippen molar-refractivity contribution in [2.45, 2.75) is 50.7 Å². The lowest BCUT2D eigenvalue weighted by Crippen LogP contribution is -2.48. The summed E-state index contributed by atoms with van der Waals surface area (Å²) in [5, 5.41) is 5.77. The van der Waals surface area contributed by atoms with Gasteiger partial charge in [0.2, 0.25) is 17.7 Å².